The number of hydrogen-bond donors (Lipinski definition) is 2. The first-order valence-electron chi connectivity index (χ1n) is 5.87. The zero-order chi connectivity index (χ0) is 13.7. The molecule has 2 aromatic carbocycles. The van der Waals surface area contributed by atoms with E-state index < -0.39 is 6.04 Å². The highest BCUT2D eigenvalue weighted by molar-refractivity contribution is 5.38. The number of nitrogens with zero attached hydrogens (tertiary/aromatic N) is 1. The van der Waals surface area contributed by atoms with Gasteiger partial charge in [-0.15, -0.1) is 0 Å². The quantitative estimate of drug-likeness (QED) is 0.877. The number of benzene rings is 2. The summed E-state index contributed by atoms with van der Waals surface area (Å²) in [4.78, 5) is 0. The first kappa shape index (κ1) is 13.1. The number of ether oxygens (including phenoxy) is 1. The molecule has 0 aliphatic rings. The third-order valence-electron chi connectivity index (χ3n) is 2.70. The summed E-state index contributed by atoms with van der Waals surface area (Å²) >= 11 is 0. The molecule has 4 nitrogen and oxygen atoms in total. The molecule has 3 N–H and O–H groups in total. The van der Waals surface area contributed by atoms with Gasteiger partial charge in [-0.3, -0.25) is 0 Å². The maximum Gasteiger partial charge on any atom is 0.127 e. The van der Waals surface area contributed by atoms with E-state index in [0.717, 1.165) is 5.56 Å². The van der Waals surface area contributed by atoms with E-state index in [1.54, 1.807) is 30.3 Å². The predicted molar refractivity (Wildman–Crippen MR) is 71.7 cm³/mol. The summed E-state index contributed by atoms with van der Waals surface area (Å²) in [6.07, 6.45) is 0. The molecule has 4 heteroatoms. The lowest BCUT2D eigenvalue weighted by molar-refractivity contribution is 0.268. The molecule has 0 heterocycles. The second-order valence-corrected chi connectivity index (χ2v) is 4.10. The summed E-state index contributed by atoms with van der Waals surface area (Å²) in [6, 6.07) is 15.8. The fraction of sp³-hybridized carbons (Fsp3) is 0.133. The van der Waals surface area contributed by atoms with Crippen molar-refractivity contribution in [3.05, 3.63) is 59.7 Å². The van der Waals surface area contributed by atoms with Gasteiger partial charge in [0.2, 0.25) is 0 Å². The monoisotopic (exact) mass is 254 g/mol. The van der Waals surface area contributed by atoms with Crippen molar-refractivity contribution in [2.24, 2.45) is 5.73 Å². The lowest BCUT2D eigenvalue weighted by Gasteiger charge is -2.11. The molecule has 1 unspecified atom stereocenters. The molecule has 0 fully saturated rings. The van der Waals surface area contributed by atoms with Crippen molar-refractivity contribution in [2.75, 3.05) is 6.61 Å². The summed E-state index contributed by atoms with van der Waals surface area (Å²) in [5.41, 5.74) is 7.15. The second kappa shape index (κ2) is 6.01. The van der Waals surface area contributed by atoms with Gasteiger partial charge >= 0.3 is 0 Å². The summed E-state index contributed by atoms with van der Waals surface area (Å²) in [5, 5.41) is 17.7. The van der Waals surface area contributed by atoms with Crippen LogP contribution in [0.3, 0.4) is 0 Å². The van der Waals surface area contributed by atoms with E-state index in [-0.39, 0.29) is 6.61 Å². The van der Waals surface area contributed by atoms with Gasteiger partial charge in [-0.25, -0.2) is 0 Å². The highest BCUT2D eigenvalue weighted by Crippen LogP contribution is 2.24. The van der Waals surface area contributed by atoms with Crippen LogP contribution in [0.5, 0.6) is 11.5 Å². The standard InChI is InChI=1S/C15H14N2O2/c16-9-11-4-6-13(7-5-11)19-14-3-1-2-12(8-14)15(17)10-18/h1-8,15,18H,10,17H2. The Morgan fingerprint density at radius 2 is 1.89 bits per heavy atom. The molecule has 0 radical (unpaired) electrons. The molecule has 1 atom stereocenters. The molecule has 0 spiro atoms. The fourth-order valence-electron chi connectivity index (χ4n) is 1.65. The van der Waals surface area contributed by atoms with Crippen LogP contribution in [-0.4, -0.2) is 11.7 Å². The van der Waals surface area contributed by atoms with Crippen molar-refractivity contribution >= 4 is 0 Å². The van der Waals surface area contributed by atoms with Crippen molar-refractivity contribution in [2.45, 2.75) is 6.04 Å². The third kappa shape index (κ3) is 3.32. The van der Waals surface area contributed by atoms with Crippen molar-refractivity contribution in [3.8, 4) is 17.6 Å². The first-order chi connectivity index (χ1) is 9.22. The summed E-state index contributed by atoms with van der Waals surface area (Å²) in [6.45, 7) is -0.111. The topological polar surface area (TPSA) is 79.3 Å². The number of nitrogens with two attached hydrogens (primary N) is 1. The second-order valence-electron chi connectivity index (χ2n) is 4.10. The highest BCUT2D eigenvalue weighted by atomic mass is 16.5. The predicted octanol–water partition coefficient (Wildman–Crippen LogP) is 2.34. The largest absolute Gasteiger partial charge is 0.457 e. The van der Waals surface area contributed by atoms with E-state index in [0.29, 0.717) is 17.1 Å². The zero-order valence-electron chi connectivity index (χ0n) is 10.3. The average molecular weight is 254 g/mol. The minimum Gasteiger partial charge on any atom is -0.457 e. The van der Waals surface area contributed by atoms with Crippen LogP contribution in [0.25, 0.3) is 0 Å². The number of hydrogen-bond acceptors (Lipinski definition) is 4. The van der Waals surface area contributed by atoms with Gasteiger partial charge in [0.15, 0.2) is 0 Å². The molecule has 0 aliphatic heterocycles. The molecule has 96 valence electrons. The summed E-state index contributed by atoms with van der Waals surface area (Å²) < 4.78 is 5.67. The van der Waals surface area contributed by atoms with Crippen LogP contribution in [0.15, 0.2) is 48.5 Å². The van der Waals surface area contributed by atoms with Crippen LogP contribution in [0.2, 0.25) is 0 Å². The smallest absolute Gasteiger partial charge is 0.127 e. The SMILES string of the molecule is N#Cc1ccc(Oc2cccc(C(N)CO)c2)cc1. The maximum absolute atomic E-state index is 9.03. The zero-order valence-corrected chi connectivity index (χ0v) is 10.3. The van der Waals surface area contributed by atoms with Crippen LogP contribution < -0.4 is 10.5 Å². The van der Waals surface area contributed by atoms with E-state index in [9.17, 15) is 0 Å². The Kier molecular flexibility index (Phi) is 4.14. The molecule has 0 saturated heterocycles. The van der Waals surface area contributed by atoms with Gasteiger partial charge in [-0.1, -0.05) is 12.1 Å². The third-order valence-corrected chi connectivity index (χ3v) is 2.70. The van der Waals surface area contributed by atoms with Crippen LogP contribution in [0.4, 0.5) is 0 Å². The molecule has 2 aromatic rings. The Morgan fingerprint density at radius 3 is 2.53 bits per heavy atom. The van der Waals surface area contributed by atoms with Crippen molar-refractivity contribution in [3.63, 3.8) is 0 Å². The molecule has 19 heavy (non-hydrogen) atoms. The van der Waals surface area contributed by atoms with E-state index in [1.807, 2.05) is 24.3 Å². The van der Waals surface area contributed by atoms with Crippen LogP contribution in [-0.2, 0) is 0 Å². The van der Waals surface area contributed by atoms with E-state index in [2.05, 4.69) is 0 Å². The lowest BCUT2D eigenvalue weighted by atomic mass is 10.1. The van der Waals surface area contributed by atoms with Gasteiger partial charge in [0.05, 0.1) is 24.3 Å². The van der Waals surface area contributed by atoms with Gasteiger partial charge in [0.1, 0.15) is 11.5 Å². The van der Waals surface area contributed by atoms with Crippen LogP contribution >= 0.6 is 0 Å². The summed E-state index contributed by atoms with van der Waals surface area (Å²) in [7, 11) is 0. The molecular weight excluding hydrogens is 240 g/mol. The molecule has 0 aromatic heterocycles. The molecule has 0 saturated carbocycles. The summed E-state index contributed by atoms with van der Waals surface area (Å²) in [5.74, 6) is 1.29. The molecular formula is C15H14N2O2. The van der Waals surface area contributed by atoms with Crippen molar-refractivity contribution < 1.29 is 9.84 Å². The Morgan fingerprint density at radius 1 is 1.16 bits per heavy atom. The molecule has 2 rings (SSSR count). The van der Waals surface area contributed by atoms with Gasteiger partial charge in [-0.2, -0.15) is 5.26 Å². The molecule has 0 bridgehead atoms. The van der Waals surface area contributed by atoms with E-state index in [4.69, 9.17) is 20.8 Å². The van der Waals surface area contributed by atoms with Crippen LogP contribution in [0, 0.1) is 11.3 Å². The number of aliphatic hydroxyl groups is 1. The van der Waals surface area contributed by atoms with Gasteiger partial charge in [0, 0.05) is 0 Å². The van der Waals surface area contributed by atoms with Crippen molar-refractivity contribution in [1.29, 1.82) is 5.26 Å². The number of nitriles is 1. The minimum absolute atomic E-state index is 0.111. The van der Waals surface area contributed by atoms with E-state index >= 15 is 0 Å². The minimum atomic E-state index is -0.412. The Hall–Kier alpha value is -2.35. The van der Waals surface area contributed by atoms with Gasteiger partial charge in [0.25, 0.3) is 0 Å². The molecule has 0 aliphatic carbocycles. The van der Waals surface area contributed by atoms with E-state index in [1.165, 1.54) is 0 Å². The van der Waals surface area contributed by atoms with Crippen molar-refractivity contribution in [1.82, 2.24) is 0 Å². The first-order valence-corrected chi connectivity index (χ1v) is 5.87. The fourth-order valence-corrected chi connectivity index (χ4v) is 1.65. The highest BCUT2D eigenvalue weighted by Gasteiger charge is 2.05. The Balaban J connectivity index is 2.16. The molecule has 0 amide bonds. The van der Waals surface area contributed by atoms with Crippen LogP contribution in [0.1, 0.15) is 17.2 Å². The number of rotatable bonds is 4. The maximum atomic E-state index is 9.03. The Bertz CT molecular complexity index is 588. The Labute approximate surface area is 111 Å². The normalized spacial score (nSPS) is 11.6. The van der Waals surface area contributed by atoms with Gasteiger partial charge < -0.3 is 15.6 Å². The average Bonchev–Trinajstić information content (AvgIpc) is 2.47. The van der Waals surface area contributed by atoms with Gasteiger partial charge in [-0.05, 0) is 42.0 Å². The number of aliphatic hydroxyl groups excluding tert-OH is 1. The lowest BCUT2D eigenvalue weighted by Crippen LogP contribution is -2.14.